The summed E-state index contributed by atoms with van der Waals surface area (Å²) >= 11 is 0. The summed E-state index contributed by atoms with van der Waals surface area (Å²) in [6.45, 7) is 0. The predicted molar refractivity (Wildman–Crippen MR) is 226 cm³/mol. The van der Waals surface area contributed by atoms with Crippen LogP contribution in [-0.4, -0.2) is 34.1 Å². The Labute approximate surface area is 321 Å². The Morgan fingerprint density at radius 1 is 0.321 bits per heavy atom. The highest BCUT2D eigenvalue weighted by molar-refractivity contribution is 6.14. The molecule has 0 saturated heterocycles. The van der Waals surface area contributed by atoms with E-state index in [1.54, 1.807) is 0 Å². The Balaban J connectivity index is 1.17. The molecule has 0 saturated carbocycles. The zero-order chi connectivity index (χ0) is 37.0. The van der Waals surface area contributed by atoms with E-state index < -0.39 is 0 Å². The average molecular weight is 718 g/mol. The Kier molecular flexibility index (Phi) is 7.35. The number of aromatic nitrogens is 7. The molecular weight excluding hydrogens is 687 g/mol. The quantitative estimate of drug-likeness (QED) is 0.171. The second-order valence-electron chi connectivity index (χ2n) is 13.7. The van der Waals surface area contributed by atoms with Crippen LogP contribution in [0.1, 0.15) is 0 Å². The van der Waals surface area contributed by atoms with Crippen LogP contribution in [0.4, 0.5) is 0 Å². The van der Waals surface area contributed by atoms with E-state index in [1.165, 1.54) is 0 Å². The number of para-hydroxylation sites is 3. The van der Waals surface area contributed by atoms with Crippen molar-refractivity contribution < 1.29 is 0 Å². The third kappa shape index (κ3) is 5.17. The number of benzene rings is 7. The highest BCUT2D eigenvalue weighted by Crippen LogP contribution is 2.40. The van der Waals surface area contributed by atoms with Crippen molar-refractivity contribution in [2.45, 2.75) is 0 Å². The van der Waals surface area contributed by atoms with Gasteiger partial charge in [-0.25, -0.2) is 15.0 Å². The van der Waals surface area contributed by atoms with Crippen LogP contribution in [0.3, 0.4) is 0 Å². The topological polar surface area (TPSA) is 74.3 Å². The van der Waals surface area contributed by atoms with Crippen molar-refractivity contribution in [2.75, 3.05) is 0 Å². The summed E-state index contributed by atoms with van der Waals surface area (Å²) in [5, 5.41) is 4.26. The minimum Gasteiger partial charge on any atom is -0.294 e. The second-order valence-corrected chi connectivity index (χ2v) is 13.7. The first kappa shape index (κ1) is 31.7. The average Bonchev–Trinajstić information content (AvgIpc) is 3.80. The molecular formula is C49H31N7. The molecule has 11 rings (SSSR count). The number of rotatable bonds is 6. The number of hydrogen-bond acceptors (Lipinski definition) is 5. The van der Waals surface area contributed by atoms with E-state index >= 15 is 0 Å². The van der Waals surface area contributed by atoms with Gasteiger partial charge in [0.15, 0.2) is 17.5 Å². The molecule has 0 aliphatic heterocycles. The minimum absolute atomic E-state index is 0.549. The summed E-state index contributed by atoms with van der Waals surface area (Å²) in [7, 11) is 0. The van der Waals surface area contributed by atoms with E-state index in [2.05, 4.69) is 124 Å². The lowest BCUT2D eigenvalue weighted by Gasteiger charge is -2.11. The first-order chi connectivity index (χ1) is 27.8. The van der Waals surface area contributed by atoms with Crippen LogP contribution >= 0.6 is 0 Å². The van der Waals surface area contributed by atoms with E-state index in [0.29, 0.717) is 23.4 Å². The lowest BCUT2D eigenvalue weighted by atomic mass is 10.0. The maximum absolute atomic E-state index is 5.40. The Morgan fingerprint density at radius 3 is 1.46 bits per heavy atom. The lowest BCUT2D eigenvalue weighted by Crippen LogP contribution is -2.06. The molecule has 0 amide bonds. The SMILES string of the molecule is c1ccc(-c2nc(-c3ccccc3)nc(-n3c4ccccc4c4cc(-c5nc(-c6ccccc6)c6c7ccccc7n(-c7ccccc7)c6n5)ccc43)n2)cc1. The molecule has 262 valence electrons. The summed E-state index contributed by atoms with van der Waals surface area (Å²) in [5.74, 6) is 2.42. The molecule has 0 bridgehead atoms. The van der Waals surface area contributed by atoms with Gasteiger partial charge < -0.3 is 0 Å². The molecule has 0 unspecified atom stereocenters. The van der Waals surface area contributed by atoms with Crippen LogP contribution in [-0.2, 0) is 0 Å². The van der Waals surface area contributed by atoms with Gasteiger partial charge in [0.1, 0.15) is 5.65 Å². The van der Waals surface area contributed by atoms with Gasteiger partial charge in [0.05, 0.1) is 27.6 Å². The highest BCUT2D eigenvalue weighted by Gasteiger charge is 2.22. The van der Waals surface area contributed by atoms with Gasteiger partial charge in [-0.3, -0.25) is 9.13 Å². The van der Waals surface area contributed by atoms with E-state index in [9.17, 15) is 0 Å². The van der Waals surface area contributed by atoms with Gasteiger partial charge in [-0.15, -0.1) is 0 Å². The Hall–Kier alpha value is -7.77. The van der Waals surface area contributed by atoms with Crippen LogP contribution in [0.2, 0.25) is 0 Å². The van der Waals surface area contributed by atoms with Crippen LogP contribution in [0.15, 0.2) is 188 Å². The van der Waals surface area contributed by atoms with Gasteiger partial charge in [0, 0.05) is 44.1 Å². The molecule has 0 fully saturated rings. The zero-order valence-electron chi connectivity index (χ0n) is 30.0. The smallest absolute Gasteiger partial charge is 0.238 e. The summed E-state index contributed by atoms with van der Waals surface area (Å²) in [4.78, 5) is 25.9. The molecule has 0 atom stereocenters. The number of fused-ring (bicyclic) bond motifs is 6. The fourth-order valence-corrected chi connectivity index (χ4v) is 7.85. The second kappa shape index (κ2) is 13.0. The van der Waals surface area contributed by atoms with Crippen molar-refractivity contribution in [3.05, 3.63) is 188 Å². The summed E-state index contributed by atoms with van der Waals surface area (Å²) in [5.41, 5.74) is 9.64. The normalized spacial score (nSPS) is 11.6. The summed E-state index contributed by atoms with van der Waals surface area (Å²) in [6, 6.07) is 64.4. The molecule has 4 heterocycles. The van der Waals surface area contributed by atoms with Crippen molar-refractivity contribution in [1.29, 1.82) is 0 Å². The zero-order valence-corrected chi connectivity index (χ0v) is 30.0. The fourth-order valence-electron chi connectivity index (χ4n) is 7.85. The minimum atomic E-state index is 0.549. The van der Waals surface area contributed by atoms with Crippen molar-refractivity contribution in [2.24, 2.45) is 0 Å². The van der Waals surface area contributed by atoms with Gasteiger partial charge >= 0.3 is 0 Å². The first-order valence-electron chi connectivity index (χ1n) is 18.6. The molecule has 0 N–H and O–H groups in total. The van der Waals surface area contributed by atoms with Crippen LogP contribution in [0.25, 0.3) is 101 Å². The monoisotopic (exact) mass is 717 g/mol. The first-order valence-corrected chi connectivity index (χ1v) is 18.6. The van der Waals surface area contributed by atoms with Gasteiger partial charge in [-0.05, 0) is 42.5 Å². The third-order valence-corrected chi connectivity index (χ3v) is 10.4. The standard InChI is InChI=1S/C49H31N7/c1-5-17-32(18-6-1)44-43-38-26-14-16-28-41(38)55(36-23-11-4-12-24-36)48(43)52-47(50-44)35-29-30-42-39(31-35)37-25-13-15-27-40(37)56(42)49-53-45(33-19-7-2-8-20-33)51-46(54-49)34-21-9-3-10-22-34/h1-31H. The third-order valence-electron chi connectivity index (χ3n) is 10.4. The van der Waals surface area contributed by atoms with Gasteiger partial charge in [-0.2, -0.15) is 9.97 Å². The van der Waals surface area contributed by atoms with Gasteiger partial charge in [0.25, 0.3) is 0 Å². The van der Waals surface area contributed by atoms with E-state index in [0.717, 1.165) is 77.4 Å². The number of nitrogens with zero attached hydrogens (tertiary/aromatic N) is 7. The van der Waals surface area contributed by atoms with E-state index in [-0.39, 0.29) is 0 Å². The number of hydrogen-bond donors (Lipinski definition) is 0. The molecule has 7 aromatic carbocycles. The van der Waals surface area contributed by atoms with E-state index in [1.807, 2.05) is 72.8 Å². The maximum atomic E-state index is 5.40. The Morgan fingerprint density at radius 2 is 0.821 bits per heavy atom. The van der Waals surface area contributed by atoms with Crippen molar-refractivity contribution in [1.82, 2.24) is 34.1 Å². The summed E-state index contributed by atoms with van der Waals surface area (Å²) < 4.78 is 4.39. The molecule has 4 aromatic heterocycles. The van der Waals surface area contributed by atoms with Crippen LogP contribution in [0, 0.1) is 0 Å². The molecule has 11 aromatic rings. The molecule has 7 nitrogen and oxygen atoms in total. The lowest BCUT2D eigenvalue weighted by molar-refractivity contribution is 0.953. The maximum Gasteiger partial charge on any atom is 0.238 e. The highest BCUT2D eigenvalue weighted by atomic mass is 15.2. The predicted octanol–water partition coefficient (Wildman–Crippen LogP) is 11.5. The summed E-state index contributed by atoms with van der Waals surface area (Å²) in [6.07, 6.45) is 0. The molecule has 0 spiro atoms. The molecule has 56 heavy (non-hydrogen) atoms. The fraction of sp³-hybridized carbons (Fsp3) is 0. The van der Waals surface area contributed by atoms with Gasteiger partial charge in [-0.1, -0.05) is 146 Å². The van der Waals surface area contributed by atoms with E-state index in [4.69, 9.17) is 24.9 Å². The van der Waals surface area contributed by atoms with Crippen molar-refractivity contribution >= 4 is 43.7 Å². The molecule has 0 radical (unpaired) electrons. The van der Waals surface area contributed by atoms with Crippen molar-refractivity contribution in [3.63, 3.8) is 0 Å². The largest absolute Gasteiger partial charge is 0.294 e. The molecule has 0 aliphatic rings. The van der Waals surface area contributed by atoms with Crippen LogP contribution < -0.4 is 0 Å². The Bertz CT molecular complexity index is 3170. The molecule has 0 aliphatic carbocycles. The van der Waals surface area contributed by atoms with Gasteiger partial charge in [0.2, 0.25) is 5.95 Å². The molecule has 7 heteroatoms. The van der Waals surface area contributed by atoms with Crippen molar-refractivity contribution in [3.8, 4) is 57.1 Å². The van der Waals surface area contributed by atoms with Crippen LogP contribution in [0.5, 0.6) is 0 Å².